The van der Waals surface area contributed by atoms with E-state index in [1.54, 1.807) is 18.2 Å². The molecule has 0 spiro atoms. The van der Waals surface area contributed by atoms with Gasteiger partial charge in [-0.2, -0.15) is 13.2 Å². The molecule has 0 aromatic heterocycles. The van der Waals surface area contributed by atoms with E-state index in [1.807, 2.05) is 0 Å². The molecule has 0 saturated heterocycles. The monoisotopic (exact) mass is 494 g/mol. The molecule has 34 heavy (non-hydrogen) atoms. The summed E-state index contributed by atoms with van der Waals surface area (Å²) in [7, 11) is -1.15. The number of sulfonamides is 1. The average molecular weight is 494 g/mol. The van der Waals surface area contributed by atoms with Crippen molar-refractivity contribution >= 4 is 21.6 Å². The van der Waals surface area contributed by atoms with Crippen LogP contribution in [0.15, 0.2) is 71.6 Å². The summed E-state index contributed by atoms with van der Waals surface area (Å²) in [6.45, 7) is 0.191. The number of halogens is 3. The number of rotatable bonds is 8. The van der Waals surface area contributed by atoms with Crippen molar-refractivity contribution in [3.05, 3.63) is 83.4 Å². The molecule has 0 aliphatic heterocycles. The van der Waals surface area contributed by atoms with E-state index < -0.39 is 27.7 Å². The molecule has 3 aromatic rings. The predicted octanol–water partition coefficient (Wildman–Crippen LogP) is 4.45. The smallest absolute Gasteiger partial charge is 0.416 e. The number of alkyl halides is 3. The van der Waals surface area contributed by atoms with Crippen LogP contribution in [-0.4, -0.2) is 28.5 Å². The summed E-state index contributed by atoms with van der Waals surface area (Å²) in [5, 5.41) is 2.72. The van der Waals surface area contributed by atoms with Crippen LogP contribution < -0.4 is 19.5 Å². The third-order valence-electron chi connectivity index (χ3n) is 4.77. The summed E-state index contributed by atoms with van der Waals surface area (Å²) in [5.41, 5.74) is -0.241. The maximum absolute atomic E-state index is 12.9. The Morgan fingerprint density at radius 2 is 1.59 bits per heavy atom. The average Bonchev–Trinajstić information content (AvgIpc) is 2.81. The van der Waals surface area contributed by atoms with Crippen molar-refractivity contribution in [3.63, 3.8) is 0 Å². The fourth-order valence-electron chi connectivity index (χ4n) is 3.03. The van der Waals surface area contributed by atoms with Gasteiger partial charge in [-0.05, 0) is 60.2 Å². The van der Waals surface area contributed by atoms with Gasteiger partial charge < -0.3 is 14.8 Å². The van der Waals surface area contributed by atoms with E-state index in [0.717, 1.165) is 17.7 Å². The van der Waals surface area contributed by atoms with E-state index in [9.17, 15) is 26.4 Å². The summed E-state index contributed by atoms with van der Waals surface area (Å²) in [5.74, 6) is 0.620. The van der Waals surface area contributed by atoms with Crippen LogP contribution in [0.3, 0.4) is 0 Å². The van der Waals surface area contributed by atoms with E-state index in [-0.39, 0.29) is 22.7 Å². The zero-order valence-electron chi connectivity index (χ0n) is 18.1. The molecule has 0 aliphatic rings. The summed E-state index contributed by atoms with van der Waals surface area (Å²) < 4.78 is 76.2. The number of nitrogens with one attached hydrogen (secondary N) is 2. The van der Waals surface area contributed by atoms with Crippen molar-refractivity contribution in [2.24, 2.45) is 0 Å². The molecule has 0 radical (unpaired) electrons. The number of ether oxygens (including phenoxy) is 2. The van der Waals surface area contributed by atoms with Gasteiger partial charge in [-0.3, -0.25) is 9.52 Å². The third kappa shape index (κ3) is 5.98. The molecule has 3 aromatic carbocycles. The van der Waals surface area contributed by atoms with E-state index in [0.29, 0.717) is 17.6 Å². The van der Waals surface area contributed by atoms with Gasteiger partial charge in [-0.1, -0.05) is 12.1 Å². The van der Waals surface area contributed by atoms with Crippen molar-refractivity contribution in [2.45, 2.75) is 17.6 Å². The van der Waals surface area contributed by atoms with Crippen LogP contribution in [0.5, 0.6) is 11.5 Å². The van der Waals surface area contributed by atoms with E-state index in [4.69, 9.17) is 9.47 Å². The lowest BCUT2D eigenvalue weighted by atomic mass is 10.1. The van der Waals surface area contributed by atoms with Gasteiger partial charge >= 0.3 is 6.18 Å². The maximum Gasteiger partial charge on any atom is 0.416 e. The zero-order valence-corrected chi connectivity index (χ0v) is 19.0. The van der Waals surface area contributed by atoms with Crippen LogP contribution in [0.2, 0.25) is 0 Å². The lowest BCUT2D eigenvalue weighted by molar-refractivity contribution is -0.137. The molecule has 0 saturated carbocycles. The highest BCUT2D eigenvalue weighted by Gasteiger charge is 2.30. The van der Waals surface area contributed by atoms with E-state index in [2.05, 4.69) is 10.0 Å². The fraction of sp³-hybridized carbons (Fsp3) is 0.174. The molecule has 7 nitrogen and oxygen atoms in total. The number of anilines is 1. The van der Waals surface area contributed by atoms with Crippen LogP contribution >= 0.6 is 0 Å². The van der Waals surface area contributed by atoms with Crippen LogP contribution in [-0.2, 0) is 22.7 Å². The van der Waals surface area contributed by atoms with Crippen molar-refractivity contribution in [1.29, 1.82) is 0 Å². The lowest BCUT2D eigenvalue weighted by Gasteiger charge is -2.12. The van der Waals surface area contributed by atoms with Gasteiger partial charge in [-0.25, -0.2) is 8.42 Å². The molecular weight excluding hydrogens is 473 g/mol. The second-order valence-corrected chi connectivity index (χ2v) is 8.76. The van der Waals surface area contributed by atoms with E-state index >= 15 is 0 Å². The molecule has 2 N–H and O–H groups in total. The first-order valence-electron chi connectivity index (χ1n) is 9.83. The Bertz CT molecular complexity index is 1280. The molecule has 11 heteroatoms. The highest BCUT2D eigenvalue weighted by Crippen LogP contribution is 2.31. The van der Waals surface area contributed by atoms with Crippen LogP contribution in [0.4, 0.5) is 18.9 Å². The van der Waals surface area contributed by atoms with Crippen molar-refractivity contribution < 1.29 is 35.9 Å². The number of amides is 1. The number of carbonyl (C=O) groups is 1. The Hall–Kier alpha value is -3.73. The topological polar surface area (TPSA) is 93.7 Å². The van der Waals surface area contributed by atoms with Gasteiger partial charge in [0, 0.05) is 17.8 Å². The van der Waals surface area contributed by atoms with Gasteiger partial charge in [0.05, 0.1) is 24.7 Å². The summed E-state index contributed by atoms with van der Waals surface area (Å²) in [6, 6.07) is 14.1. The Balaban J connectivity index is 1.67. The Morgan fingerprint density at radius 1 is 0.912 bits per heavy atom. The standard InChI is InChI=1S/C23H21F3N2O5S/c1-32-20-11-6-15(12-21(20)33-2)14-27-22(29)16-7-9-19(10-8-16)34(30,31)28-18-5-3-4-17(13-18)23(24,25)26/h3-13,28H,14H2,1-2H3,(H,27,29). The van der Waals surface area contributed by atoms with Gasteiger partial charge in [0.1, 0.15) is 0 Å². The minimum atomic E-state index is -4.60. The SMILES string of the molecule is COc1ccc(CNC(=O)c2ccc(S(=O)(=O)Nc3cccc(C(F)(F)F)c3)cc2)cc1OC. The minimum Gasteiger partial charge on any atom is -0.493 e. The lowest BCUT2D eigenvalue weighted by Crippen LogP contribution is -2.23. The fourth-order valence-corrected chi connectivity index (χ4v) is 4.08. The third-order valence-corrected chi connectivity index (χ3v) is 6.17. The van der Waals surface area contributed by atoms with Crippen LogP contribution in [0.1, 0.15) is 21.5 Å². The van der Waals surface area contributed by atoms with Crippen LogP contribution in [0.25, 0.3) is 0 Å². The van der Waals surface area contributed by atoms with Gasteiger partial charge in [0.25, 0.3) is 15.9 Å². The first kappa shape index (κ1) is 24.9. The minimum absolute atomic E-state index is 0.191. The Kier molecular flexibility index (Phi) is 7.35. The van der Waals surface area contributed by atoms with Crippen molar-refractivity contribution in [2.75, 3.05) is 18.9 Å². The van der Waals surface area contributed by atoms with Crippen molar-refractivity contribution in [1.82, 2.24) is 5.32 Å². The predicted molar refractivity (Wildman–Crippen MR) is 119 cm³/mol. The zero-order chi connectivity index (χ0) is 24.9. The first-order chi connectivity index (χ1) is 16.0. The number of benzene rings is 3. The molecule has 180 valence electrons. The molecule has 0 atom stereocenters. The quantitative estimate of drug-likeness (QED) is 0.483. The molecular formula is C23H21F3N2O5S. The summed E-state index contributed by atoms with van der Waals surface area (Å²) in [4.78, 5) is 12.2. The molecule has 0 unspecified atom stereocenters. The number of carbonyl (C=O) groups excluding carboxylic acids is 1. The van der Waals surface area contributed by atoms with Gasteiger partial charge in [0.15, 0.2) is 11.5 Å². The normalized spacial score (nSPS) is 11.6. The van der Waals surface area contributed by atoms with E-state index in [1.165, 1.54) is 44.6 Å². The summed E-state index contributed by atoms with van der Waals surface area (Å²) >= 11 is 0. The molecule has 0 fully saturated rings. The highest BCUT2D eigenvalue weighted by atomic mass is 32.2. The molecule has 0 bridgehead atoms. The first-order valence-corrected chi connectivity index (χ1v) is 11.3. The number of hydrogen-bond donors (Lipinski definition) is 2. The molecule has 1 amide bonds. The Labute approximate surface area is 194 Å². The largest absolute Gasteiger partial charge is 0.493 e. The van der Waals surface area contributed by atoms with Crippen LogP contribution in [0, 0.1) is 0 Å². The molecule has 0 aliphatic carbocycles. The van der Waals surface area contributed by atoms with Gasteiger partial charge in [-0.15, -0.1) is 0 Å². The Morgan fingerprint density at radius 3 is 2.21 bits per heavy atom. The highest BCUT2D eigenvalue weighted by molar-refractivity contribution is 7.92. The maximum atomic E-state index is 12.9. The molecule has 3 rings (SSSR count). The number of methoxy groups -OCH3 is 2. The van der Waals surface area contributed by atoms with Gasteiger partial charge in [0.2, 0.25) is 0 Å². The second-order valence-electron chi connectivity index (χ2n) is 7.08. The molecule has 0 heterocycles. The summed E-state index contributed by atoms with van der Waals surface area (Å²) in [6.07, 6.45) is -4.60. The second kappa shape index (κ2) is 10.0. The van der Waals surface area contributed by atoms with Crippen molar-refractivity contribution in [3.8, 4) is 11.5 Å². The number of hydrogen-bond acceptors (Lipinski definition) is 5.